The van der Waals surface area contributed by atoms with Crippen LogP contribution in [0.5, 0.6) is 0 Å². The van der Waals surface area contributed by atoms with Crippen molar-refractivity contribution in [3.05, 3.63) is 52.6 Å². The largest absolute Gasteiger partial charge is 0.330 e. The molecule has 1 amide bonds. The Balaban J connectivity index is 1.59. The predicted octanol–water partition coefficient (Wildman–Crippen LogP) is 5.10. The molecule has 3 aromatic rings. The second-order valence-corrected chi connectivity index (χ2v) is 8.51. The Bertz CT molecular complexity index is 907. The minimum atomic E-state index is -0.402. The van der Waals surface area contributed by atoms with Crippen molar-refractivity contribution in [1.29, 1.82) is 0 Å². The first kappa shape index (κ1) is 18.9. The number of para-hydroxylation sites is 1. The quantitative estimate of drug-likeness (QED) is 0.534. The summed E-state index contributed by atoms with van der Waals surface area (Å²) in [6, 6.07) is 11.2. The molecule has 0 bridgehead atoms. The number of anilines is 3. The maximum atomic E-state index is 12.3. The van der Waals surface area contributed by atoms with Crippen LogP contribution in [0.1, 0.15) is 6.92 Å². The summed E-state index contributed by atoms with van der Waals surface area (Å²) < 4.78 is 0.682. The van der Waals surface area contributed by atoms with Crippen LogP contribution in [0.25, 0.3) is 0 Å². The second-order valence-electron chi connectivity index (χ2n) is 5.10. The van der Waals surface area contributed by atoms with Gasteiger partial charge in [-0.2, -0.15) is 0 Å². The van der Waals surface area contributed by atoms with Gasteiger partial charge in [-0.25, -0.2) is 4.98 Å². The molecule has 134 valence electrons. The van der Waals surface area contributed by atoms with E-state index in [1.54, 1.807) is 6.92 Å². The maximum absolute atomic E-state index is 12.3. The third-order valence-electron chi connectivity index (χ3n) is 3.13. The van der Waals surface area contributed by atoms with E-state index in [2.05, 4.69) is 25.8 Å². The average Bonchev–Trinajstić information content (AvgIpc) is 3.05. The lowest BCUT2D eigenvalue weighted by Crippen LogP contribution is -2.23. The first-order valence-electron chi connectivity index (χ1n) is 7.45. The minimum Gasteiger partial charge on any atom is -0.330 e. The molecule has 0 spiro atoms. The lowest BCUT2D eigenvalue weighted by Gasteiger charge is -2.10. The Labute approximate surface area is 168 Å². The molecule has 3 rings (SSSR count). The fourth-order valence-corrected chi connectivity index (χ4v) is 4.23. The van der Waals surface area contributed by atoms with Gasteiger partial charge in [-0.05, 0) is 25.1 Å². The van der Waals surface area contributed by atoms with E-state index >= 15 is 0 Å². The molecule has 2 aromatic heterocycles. The molecule has 0 saturated heterocycles. The number of rotatable bonds is 6. The first-order valence-corrected chi connectivity index (χ1v) is 9.90. The molecule has 0 aliphatic rings. The Kier molecular flexibility index (Phi) is 6.31. The van der Waals surface area contributed by atoms with Crippen LogP contribution in [0.4, 0.5) is 16.6 Å². The molecule has 1 aromatic carbocycles. The van der Waals surface area contributed by atoms with Gasteiger partial charge in [0, 0.05) is 11.9 Å². The van der Waals surface area contributed by atoms with Gasteiger partial charge in [0.1, 0.15) is 0 Å². The Morgan fingerprint density at radius 3 is 2.73 bits per heavy atom. The van der Waals surface area contributed by atoms with Gasteiger partial charge in [0.2, 0.25) is 11.0 Å². The minimum absolute atomic E-state index is 0.237. The highest BCUT2D eigenvalue weighted by Crippen LogP contribution is 2.31. The van der Waals surface area contributed by atoms with Crippen LogP contribution in [0.15, 0.2) is 46.9 Å². The molecule has 1 unspecified atom stereocenters. The monoisotopic (exact) mass is 425 g/mol. The van der Waals surface area contributed by atoms with E-state index in [1.165, 1.54) is 35.4 Å². The van der Waals surface area contributed by atoms with Gasteiger partial charge in [-0.15, -0.1) is 10.2 Å². The lowest BCUT2D eigenvalue weighted by atomic mass is 10.3. The topological polar surface area (TPSA) is 79.8 Å². The van der Waals surface area contributed by atoms with Crippen LogP contribution >= 0.6 is 46.3 Å². The number of carbonyl (C=O) groups is 1. The average molecular weight is 426 g/mol. The maximum Gasteiger partial charge on any atom is 0.238 e. The van der Waals surface area contributed by atoms with Gasteiger partial charge in [-0.3, -0.25) is 4.79 Å². The molecular weight excluding hydrogens is 413 g/mol. The number of carbonyl (C=O) groups excluding carboxylic acids is 1. The number of amides is 1. The summed E-state index contributed by atoms with van der Waals surface area (Å²) in [5, 5.41) is 15.0. The summed E-state index contributed by atoms with van der Waals surface area (Å²) in [6.45, 7) is 1.77. The number of hydrogen-bond acceptors (Lipinski definition) is 7. The van der Waals surface area contributed by atoms with Crippen LogP contribution in [0.3, 0.4) is 0 Å². The molecule has 1 atom stereocenters. The van der Waals surface area contributed by atoms with Crippen molar-refractivity contribution >= 4 is 68.8 Å². The highest BCUT2D eigenvalue weighted by Gasteiger charge is 2.19. The Morgan fingerprint density at radius 2 is 2.00 bits per heavy atom. The van der Waals surface area contributed by atoms with E-state index < -0.39 is 5.25 Å². The number of benzene rings is 1. The van der Waals surface area contributed by atoms with E-state index in [9.17, 15) is 4.79 Å². The number of hydrogen-bond donors (Lipinski definition) is 2. The van der Waals surface area contributed by atoms with Crippen molar-refractivity contribution < 1.29 is 4.79 Å². The second kappa shape index (κ2) is 8.68. The summed E-state index contributed by atoms with van der Waals surface area (Å²) >= 11 is 14.5. The summed E-state index contributed by atoms with van der Waals surface area (Å²) in [4.78, 5) is 16.3. The zero-order chi connectivity index (χ0) is 18.5. The summed E-state index contributed by atoms with van der Waals surface area (Å²) in [5.41, 5.74) is 0.925. The lowest BCUT2D eigenvalue weighted by molar-refractivity contribution is -0.115. The predicted molar refractivity (Wildman–Crippen MR) is 108 cm³/mol. The van der Waals surface area contributed by atoms with Crippen molar-refractivity contribution in [3.63, 3.8) is 0 Å². The third kappa shape index (κ3) is 5.07. The Hall–Kier alpha value is -1.87. The van der Waals surface area contributed by atoms with Gasteiger partial charge in [0.15, 0.2) is 10.2 Å². The highest BCUT2D eigenvalue weighted by atomic mass is 35.5. The van der Waals surface area contributed by atoms with Gasteiger partial charge < -0.3 is 10.6 Å². The van der Waals surface area contributed by atoms with E-state index in [0.717, 1.165) is 5.69 Å². The van der Waals surface area contributed by atoms with Crippen LogP contribution in [0.2, 0.25) is 10.0 Å². The zero-order valence-electron chi connectivity index (χ0n) is 13.4. The van der Waals surface area contributed by atoms with Gasteiger partial charge >= 0.3 is 0 Å². The molecule has 6 nitrogen and oxygen atoms in total. The molecule has 0 saturated carbocycles. The number of aromatic nitrogens is 3. The number of pyridine rings is 1. The number of nitrogens with zero attached hydrogens (tertiary/aromatic N) is 3. The molecule has 0 aliphatic carbocycles. The Morgan fingerprint density at radius 1 is 1.23 bits per heavy atom. The summed E-state index contributed by atoms with van der Waals surface area (Å²) in [5.74, 6) is 0.0386. The van der Waals surface area contributed by atoms with Crippen molar-refractivity contribution in [1.82, 2.24) is 15.2 Å². The van der Waals surface area contributed by atoms with E-state index in [0.29, 0.717) is 14.5 Å². The molecule has 0 aliphatic heterocycles. The van der Waals surface area contributed by atoms with Gasteiger partial charge in [-0.1, -0.05) is 64.5 Å². The van der Waals surface area contributed by atoms with Gasteiger partial charge in [0.05, 0.1) is 15.3 Å². The first-order chi connectivity index (χ1) is 12.5. The van der Waals surface area contributed by atoms with Crippen molar-refractivity contribution in [2.24, 2.45) is 0 Å². The third-order valence-corrected chi connectivity index (χ3v) is 5.65. The van der Waals surface area contributed by atoms with E-state index in [4.69, 9.17) is 23.2 Å². The zero-order valence-corrected chi connectivity index (χ0v) is 16.6. The fourth-order valence-electron chi connectivity index (χ4n) is 1.88. The van der Waals surface area contributed by atoms with E-state index in [1.807, 2.05) is 30.3 Å². The molecule has 2 heterocycles. The van der Waals surface area contributed by atoms with Crippen molar-refractivity contribution in [2.45, 2.75) is 16.5 Å². The molecular formula is C16H13Cl2N5OS2. The molecule has 0 fully saturated rings. The van der Waals surface area contributed by atoms with Crippen molar-refractivity contribution in [2.75, 3.05) is 10.6 Å². The smallest absolute Gasteiger partial charge is 0.238 e. The standard InChI is InChI=1S/C16H13Cl2N5OS2/c1-9(14(24)21-13-12(18)7-10(17)8-19-13)25-16-23-22-15(26-16)20-11-5-3-2-4-6-11/h2-9H,1H3,(H,20,22)(H,19,21,24). The normalized spacial score (nSPS) is 11.8. The molecule has 0 radical (unpaired) electrons. The molecule has 26 heavy (non-hydrogen) atoms. The highest BCUT2D eigenvalue weighted by molar-refractivity contribution is 8.02. The van der Waals surface area contributed by atoms with E-state index in [-0.39, 0.29) is 16.7 Å². The van der Waals surface area contributed by atoms with Crippen LogP contribution in [0, 0.1) is 0 Å². The van der Waals surface area contributed by atoms with Crippen LogP contribution < -0.4 is 10.6 Å². The molecule has 2 N–H and O–H groups in total. The fraction of sp³-hybridized carbons (Fsp3) is 0.125. The van der Waals surface area contributed by atoms with Crippen molar-refractivity contribution in [3.8, 4) is 0 Å². The molecule has 10 heteroatoms. The van der Waals surface area contributed by atoms with Crippen LogP contribution in [-0.2, 0) is 4.79 Å². The SMILES string of the molecule is CC(Sc1nnc(Nc2ccccc2)s1)C(=O)Nc1ncc(Cl)cc1Cl. The summed E-state index contributed by atoms with van der Waals surface area (Å²) in [7, 11) is 0. The van der Waals surface area contributed by atoms with Gasteiger partial charge in [0.25, 0.3) is 0 Å². The summed E-state index contributed by atoms with van der Waals surface area (Å²) in [6.07, 6.45) is 1.42. The number of thioether (sulfide) groups is 1. The van der Waals surface area contributed by atoms with Crippen LogP contribution in [-0.4, -0.2) is 26.3 Å². The number of halogens is 2. The number of nitrogens with one attached hydrogen (secondary N) is 2.